The Morgan fingerprint density at radius 1 is 0.955 bits per heavy atom. The zero-order chi connectivity index (χ0) is 14.8. The van der Waals surface area contributed by atoms with E-state index in [9.17, 15) is 0 Å². The van der Waals surface area contributed by atoms with Gasteiger partial charge in [-0.1, -0.05) is 48.5 Å². The molecule has 1 aliphatic rings. The quantitative estimate of drug-likeness (QED) is 0.738. The lowest BCUT2D eigenvalue weighted by Crippen LogP contribution is -2.37. The van der Waals surface area contributed by atoms with Crippen LogP contribution in [0.1, 0.15) is 16.5 Å². The van der Waals surface area contributed by atoms with Crippen molar-refractivity contribution in [2.45, 2.75) is 12.6 Å². The van der Waals surface area contributed by atoms with Gasteiger partial charge >= 0.3 is 0 Å². The molecular formula is C19H18N2S. The number of nitrogens with zero attached hydrogens (tertiary/aromatic N) is 1. The maximum absolute atomic E-state index is 3.58. The first-order chi connectivity index (χ1) is 10.9. The molecule has 22 heavy (non-hydrogen) atoms. The minimum atomic E-state index is 0.359. The molecule has 1 aromatic heterocycles. The zero-order valence-corrected chi connectivity index (χ0v) is 13.1. The predicted octanol–water partition coefficient (Wildman–Crippen LogP) is 4.92. The number of hydrogen-bond acceptors (Lipinski definition) is 3. The lowest BCUT2D eigenvalue weighted by Gasteiger charge is -2.39. The van der Waals surface area contributed by atoms with Crippen LogP contribution in [0, 0.1) is 0 Å². The summed E-state index contributed by atoms with van der Waals surface area (Å²) in [4.78, 5) is 3.92. The number of thiophene rings is 1. The van der Waals surface area contributed by atoms with Gasteiger partial charge in [0, 0.05) is 11.4 Å². The number of hydrogen-bond donors (Lipinski definition) is 1. The molecule has 1 N–H and O–H groups in total. The van der Waals surface area contributed by atoms with Crippen LogP contribution in [0.25, 0.3) is 0 Å². The normalized spacial score (nSPS) is 16.9. The summed E-state index contributed by atoms with van der Waals surface area (Å²) in [6, 6.07) is 24.1. The Bertz CT molecular complexity index is 737. The highest BCUT2D eigenvalue weighted by molar-refractivity contribution is 7.09. The Kier molecular flexibility index (Phi) is 3.57. The highest BCUT2D eigenvalue weighted by Gasteiger charge is 2.27. The number of benzene rings is 2. The van der Waals surface area contributed by atoms with Gasteiger partial charge in [-0.25, -0.2) is 0 Å². The highest BCUT2D eigenvalue weighted by atomic mass is 32.1. The Morgan fingerprint density at radius 3 is 2.59 bits per heavy atom. The Morgan fingerprint density at radius 2 is 1.77 bits per heavy atom. The smallest absolute Gasteiger partial charge is 0.0719 e. The van der Waals surface area contributed by atoms with Crippen molar-refractivity contribution in [2.24, 2.45) is 0 Å². The predicted molar refractivity (Wildman–Crippen MR) is 94.6 cm³/mol. The lowest BCUT2D eigenvalue weighted by molar-refractivity contribution is 0.631. The summed E-state index contributed by atoms with van der Waals surface area (Å²) in [5.74, 6) is 0. The van der Waals surface area contributed by atoms with Crippen LogP contribution in [0.2, 0.25) is 0 Å². The summed E-state index contributed by atoms with van der Waals surface area (Å²) < 4.78 is 0. The lowest BCUT2D eigenvalue weighted by atomic mass is 10.0. The van der Waals surface area contributed by atoms with Crippen LogP contribution in [-0.2, 0) is 6.54 Å². The van der Waals surface area contributed by atoms with E-state index in [1.807, 2.05) is 11.3 Å². The molecule has 0 saturated carbocycles. The first-order valence-electron chi connectivity index (χ1n) is 7.59. The first kappa shape index (κ1) is 13.4. The van der Waals surface area contributed by atoms with E-state index in [1.54, 1.807) is 0 Å². The second-order valence-corrected chi connectivity index (χ2v) is 6.56. The molecule has 2 nitrogen and oxygen atoms in total. The van der Waals surface area contributed by atoms with Crippen molar-refractivity contribution < 1.29 is 0 Å². The summed E-state index contributed by atoms with van der Waals surface area (Å²) in [6.07, 6.45) is 0. The second-order valence-electron chi connectivity index (χ2n) is 5.53. The second kappa shape index (κ2) is 5.85. The van der Waals surface area contributed by atoms with Crippen molar-refractivity contribution in [3.63, 3.8) is 0 Å². The first-order valence-corrected chi connectivity index (χ1v) is 8.46. The summed E-state index contributed by atoms with van der Waals surface area (Å²) in [6.45, 7) is 1.89. The molecule has 0 fully saturated rings. The number of para-hydroxylation sites is 2. The van der Waals surface area contributed by atoms with Gasteiger partial charge in [-0.3, -0.25) is 0 Å². The zero-order valence-electron chi connectivity index (χ0n) is 12.3. The fourth-order valence-electron chi connectivity index (χ4n) is 3.10. The van der Waals surface area contributed by atoms with Crippen molar-refractivity contribution in [1.82, 2.24) is 0 Å². The van der Waals surface area contributed by atoms with Crippen LogP contribution < -0.4 is 10.2 Å². The van der Waals surface area contributed by atoms with Crippen LogP contribution >= 0.6 is 11.3 Å². The molecule has 4 rings (SSSR count). The Balaban J connectivity index is 1.75. The van der Waals surface area contributed by atoms with E-state index in [0.29, 0.717) is 6.04 Å². The maximum Gasteiger partial charge on any atom is 0.0719 e. The van der Waals surface area contributed by atoms with Crippen LogP contribution in [0.5, 0.6) is 0 Å². The van der Waals surface area contributed by atoms with E-state index in [0.717, 1.165) is 13.1 Å². The largest absolute Gasteiger partial charge is 0.381 e. The van der Waals surface area contributed by atoms with E-state index < -0.39 is 0 Å². The van der Waals surface area contributed by atoms with Crippen molar-refractivity contribution in [3.8, 4) is 0 Å². The van der Waals surface area contributed by atoms with Gasteiger partial charge in [-0.15, -0.1) is 11.3 Å². The number of rotatable bonds is 3. The fourth-order valence-corrected chi connectivity index (χ4v) is 3.80. The minimum Gasteiger partial charge on any atom is -0.381 e. The molecule has 110 valence electrons. The van der Waals surface area contributed by atoms with E-state index in [-0.39, 0.29) is 0 Å². The molecule has 0 aliphatic carbocycles. The van der Waals surface area contributed by atoms with E-state index in [4.69, 9.17) is 0 Å². The fraction of sp³-hybridized carbons (Fsp3) is 0.158. The standard InChI is InChI=1S/C19H18N2S/c1-2-7-15(8-3-1)19-13-20-17-10-4-5-11-18(17)21(19)14-16-9-6-12-22-16/h1-12,19-20H,13-14H2. The van der Waals surface area contributed by atoms with E-state index in [2.05, 4.69) is 82.3 Å². The molecular weight excluding hydrogens is 288 g/mol. The molecule has 3 heteroatoms. The van der Waals surface area contributed by atoms with Gasteiger partial charge in [-0.05, 0) is 29.1 Å². The summed E-state index contributed by atoms with van der Waals surface area (Å²) in [5.41, 5.74) is 3.88. The number of fused-ring (bicyclic) bond motifs is 1. The molecule has 3 aromatic rings. The molecule has 0 saturated heterocycles. The van der Waals surface area contributed by atoms with Crippen LogP contribution in [0.15, 0.2) is 72.1 Å². The summed E-state index contributed by atoms with van der Waals surface area (Å²) >= 11 is 1.83. The minimum absolute atomic E-state index is 0.359. The molecule has 0 bridgehead atoms. The van der Waals surface area contributed by atoms with Crippen molar-refractivity contribution in [2.75, 3.05) is 16.8 Å². The van der Waals surface area contributed by atoms with Crippen molar-refractivity contribution >= 4 is 22.7 Å². The maximum atomic E-state index is 3.58. The van der Waals surface area contributed by atoms with Gasteiger partial charge in [0.2, 0.25) is 0 Å². The van der Waals surface area contributed by atoms with Crippen molar-refractivity contribution in [1.29, 1.82) is 0 Å². The van der Waals surface area contributed by atoms with Gasteiger partial charge in [0.05, 0.1) is 24.0 Å². The number of nitrogens with one attached hydrogen (secondary N) is 1. The molecule has 0 spiro atoms. The third kappa shape index (κ3) is 2.48. The molecule has 1 unspecified atom stereocenters. The highest BCUT2D eigenvalue weighted by Crippen LogP contribution is 2.38. The van der Waals surface area contributed by atoms with Gasteiger partial charge < -0.3 is 10.2 Å². The average Bonchev–Trinajstić information content (AvgIpc) is 3.09. The van der Waals surface area contributed by atoms with Gasteiger partial charge in [-0.2, -0.15) is 0 Å². The molecule has 2 aromatic carbocycles. The van der Waals surface area contributed by atoms with Crippen LogP contribution in [-0.4, -0.2) is 6.54 Å². The number of anilines is 2. The third-order valence-corrected chi connectivity index (χ3v) is 5.03. The van der Waals surface area contributed by atoms with Gasteiger partial charge in [0.1, 0.15) is 0 Å². The molecule has 1 aliphatic heterocycles. The SMILES string of the molecule is c1ccc(C2CNc3ccccc3N2Cc2cccs2)cc1. The van der Waals surface area contributed by atoms with Gasteiger partial charge in [0.15, 0.2) is 0 Å². The van der Waals surface area contributed by atoms with Crippen LogP contribution in [0.4, 0.5) is 11.4 Å². The van der Waals surface area contributed by atoms with Crippen LogP contribution in [0.3, 0.4) is 0 Å². The molecule has 1 atom stereocenters. The Labute approximate surface area is 135 Å². The monoisotopic (exact) mass is 306 g/mol. The summed E-state index contributed by atoms with van der Waals surface area (Å²) in [5, 5.41) is 5.74. The molecule has 2 heterocycles. The third-order valence-electron chi connectivity index (χ3n) is 4.17. The van der Waals surface area contributed by atoms with E-state index in [1.165, 1.54) is 21.8 Å². The molecule has 0 amide bonds. The van der Waals surface area contributed by atoms with Gasteiger partial charge in [0.25, 0.3) is 0 Å². The molecule has 0 radical (unpaired) electrons. The average molecular weight is 306 g/mol. The summed E-state index contributed by atoms with van der Waals surface area (Å²) in [7, 11) is 0. The Hall–Kier alpha value is -2.26. The van der Waals surface area contributed by atoms with E-state index >= 15 is 0 Å². The van der Waals surface area contributed by atoms with Crippen molar-refractivity contribution in [3.05, 3.63) is 82.6 Å². The topological polar surface area (TPSA) is 15.3 Å².